The highest BCUT2D eigenvalue weighted by molar-refractivity contribution is 5.66. The highest BCUT2D eigenvalue weighted by atomic mass is 16.5. The van der Waals surface area contributed by atoms with Crippen LogP contribution in [0.4, 0.5) is 0 Å². The number of aromatic nitrogens is 4. The van der Waals surface area contributed by atoms with Crippen molar-refractivity contribution in [3.8, 4) is 22.7 Å². The van der Waals surface area contributed by atoms with Crippen LogP contribution >= 0.6 is 0 Å². The van der Waals surface area contributed by atoms with Gasteiger partial charge in [0.05, 0.1) is 16.9 Å². The summed E-state index contributed by atoms with van der Waals surface area (Å²) in [6.45, 7) is 8.34. The molecule has 6 nitrogen and oxygen atoms in total. The van der Waals surface area contributed by atoms with Crippen molar-refractivity contribution in [2.45, 2.75) is 34.3 Å². The number of nitrogens with zero attached hydrogens (tertiary/aromatic N) is 4. The number of hydrogen-bond donors (Lipinski definition) is 0. The quantitative estimate of drug-likeness (QED) is 0.362. The smallest absolute Gasteiger partial charge is 0.267 e. The number of rotatable bonds is 5. The van der Waals surface area contributed by atoms with Crippen LogP contribution in [-0.2, 0) is 6.61 Å². The van der Waals surface area contributed by atoms with Crippen LogP contribution in [0.2, 0.25) is 0 Å². The molecule has 0 amide bonds. The first-order chi connectivity index (χ1) is 16.4. The number of ether oxygens (including phenoxy) is 1. The summed E-state index contributed by atoms with van der Waals surface area (Å²) in [6, 6.07) is 21.7. The second-order valence-corrected chi connectivity index (χ2v) is 8.53. The molecule has 0 atom stereocenters. The van der Waals surface area contributed by atoms with E-state index in [2.05, 4.69) is 13.0 Å². The lowest BCUT2D eigenvalue weighted by Gasteiger charge is -2.12. The third-order valence-corrected chi connectivity index (χ3v) is 6.13. The van der Waals surface area contributed by atoms with E-state index in [0.717, 1.165) is 28.1 Å². The zero-order chi connectivity index (χ0) is 23.8. The van der Waals surface area contributed by atoms with Gasteiger partial charge in [-0.15, -0.1) is 0 Å². The summed E-state index contributed by atoms with van der Waals surface area (Å²) in [7, 11) is 0. The van der Waals surface area contributed by atoms with Crippen molar-refractivity contribution in [2.24, 2.45) is 0 Å². The summed E-state index contributed by atoms with van der Waals surface area (Å²) >= 11 is 0. The molecule has 0 fully saturated rings. The van der Waals surface area contributed by atoms with Crippen molar-refractivity contribution in [2.75, 3.05) is 0 Å². The van der Waals surface area contributed by atoms with Gasteiger partial charge in [-0.25, -0.2) is 9.67 Å². The van der Waals surface area contributed by atoms with E-state index in [-0.39, 0.29) is 5.56 Å². The summed E-state index contributed by atoms with van der Waals surface area (Å²) in [6.07, 6.45) is 1.72. The Morgan fingerprint density at radius 2 is 1.62 bits per heavy atom. The molecule has 0 aliphatic carbocycles. The molecule has 3 aromatic heterocycles. The molecule has 2 aromatic carbocycles. The highest BCUT2D eigenvalue weighted by Crippen LogP contribution is 2.25. The van der Waals surface area contributed by atoms with Crippen molar-refractivity contribution >= 4 is 5.65 Å². The molecular weight excluding hydrogens is 424 g/mol. The Balaban J connectivity index is 1.57. The van der Waals surface area contributed by atoms with Gasteiger partial charge in [-0.2, -0.15) is 5.10 Å². The lowest BCUT2D eigenvalue weighted by Crippen LogP contribution is -2.19. The topological polar surface area (TPSA) is 61.4 Å². The summed E-state index contributed by atoms with van der Waals surface area (Å²) < 4.78 is 9.51. The first-order valence-electron chi connectivity index (χ1n) is 11.3. The molecule has 5 rings (SSSR count). The maximum Gasteiger partial charge on any atom is 0.267 e. The zero-order valence-corrected chi connectivity index (χ0v) is 19.7. The Morgan fingerprint density at radius 1 is 0.882 bits per heavy atom. The van der Waals surface area contributed by atoms with Crippen LogP contribution in [-0.4, -0.2) is 19.2 Å². The predicted octanol–water partition coefficient (Wildman–Crippen LogP) is 5.36. The van der Waals surface area contributed by atoms with E-state index in [0.29, 0.717) is 35.0 Å². The van der Waals surface area contributed by atoms with Crippen LogP contribution in [0.25, 0.3) is 22.6 Å². The van der Waals surface area contributed by atoms with Crippen LogP contribution in [0.1, 0.15) is 28.1 Å². The first kappa shape index (κ1) is 21.6. The fourth-order valence-corrected chi connectivity index (χ4v) is 4.22. The Morgan fingerprint density at radius 3 is 2.38 bits per heavy atom. The van der Waals surface area contributed by atoms with E-state index in [4.69, 9.17) is 14.8 Å². The van der Waals surface area contributed by atoms with Gasteiger partial charge >= 0.3 is 0 Å². The molecule has 3 heterocycles. The molecular formula is C28H26N4O2. The molecule has 0 bridgehead atoms. The zero-order valence-electron chi connectivity index (χ0n) is 19.7. The normalized spacial score (nSPS) is 11.2. The molecule has 170 valence electrons. The standard InChI is InChI=1S/C28H26N4O2/c1-18-10-5-7-12-22(18)17-34-25-14-9-15-31-27(25)29-21(4)26(28(31)33)23-16-20(3)32(30-23)24-13-8-6-11-19(24)2/h5-16H,17H2,1-4H3. The van der Waals surface area contributed by atoms with Gasteiger partial charge in [-0.3, -0.25) is 9.20 Å². The number of hydrogen-bond acceptors (Lipinski definition) is 4. The van der Waals surface area contributed by atoms with Gasteiger partial charge in [-0.05, 0) is 68.7 Å². The lowest BCUT2D eigenvalue weighted by molar-refractivity contribution is 0.307. The second-order valence-electron chi connectivity index (χ2n) is 8.53. The minimum Gasteiger partial charge on any atom is -0.485 e. The van der Waals surface area contributed by atoms with E-state index in [1.807, 2.05) is 80.1 Å². The Kier molecular flexibility index (Phi) is 5.49. The summed E-state index contributed by atoms with van der Waals surface area (Å²) in [4.78, 5) is 18.3. The van der Waals surface area contributed by atoms with Crippen LogP contribution in [0.3, 0.4) is 0 Å². The van der Waals surface area contributed by atoms with Gasteiger partial charge in [0.15, 0.2) is 11.4 Å². The molecule has 5 aromatic rings. The average Bonchev–Trinajstić information content (AvgIpc) is 3.19. The number of fused-ring (bicyclic) bond motifs is 1. The van der Waals surface area contributed by atoms with Crippen LogP contribution in [0.5, 0.6) is 5.75 Å². The molecule has 0 saturated carbocycles. The first-order valence-corrected chi connectivity index (χ1v) is 11.3. The highest BCUT2D eigenvalue weighted by Gasteiger charge is 2.19. The van der Waals surface area contributed by atoms with Gasteiger partial charge in [-0.1, -0.05) is 42.5 Å². The third-order valence-electron chi connectivity index (χ3n) is 6.13. The van der Waals surface area contributed by atoms with Crippen LogP contribution in [0, 0.1) is 27.7 Å². The fraction of sp³-hybridized carbons (Fsp3) is 0.179. The van der Waals surface area contributed by atoms with Crippen molar-refractivity contribution in [3.63, 3.8) is 0 Å². The summed E-state index contributed by atoms with van der Waals surface area (Å²) in [5, 5.41) is 4.78. The van der Waals surface area contributed by atoms with Gasteiger partial charge in [0.25, 0.3) is 5.56 Å². The molecule has 0 aliphatic heterocycles. The largest absolute Gasteiger partial charge is 0.485 e. The monoisotopic (exact) mass is 450 g/mol. The van der Waals surface area contributed by atoms with Gasteiger partial charge in [0, 0.05) is 11.9 Å². The van der Waals surface area contributed by atoms with E-state index < -0.39 is 0 Å². The second kappa shape index (κ2) is 8.63. The lowest BCUT2D eigenvalue weighted by atomic mass is 10.1. The third kappa shape index (κ3) is 3.77. The number of benzene rings is 2. The van der Waals surface area contributed by atoms with Crippen LogP contribution in [0.15, 0.2) is 77.7 Å². The maximum atomic E-state index is 13.6. The summed E-state index contributed by atoms with van der Waals surface area (Å²) in [5.41, 5.74) is 7.35. The van der Waals surface area contributed by atoms with Crippen molar-refractivity contribution in [1.82, 2.24) is 19.2 Å². The average molecular weight is 451 g/mol. The van der Waals surface area contributed by atoms with Crippen molar-refractivity contribution in [1.29, 1.82) is 0 Å². The molecule has 34 heavy (non-hydrogen) atoms. The minimum absolute atomic E-state index is 0.168. The van der Waals surface area contributed by atoms with E-state index in [1.165, 1.54) is 4.40 Å². The fourth-order valence-electron chi connectivity index (χ4n) is 4.22. The molecule has 0 saturated heterocycles. The SMILES string of the molecule is Cc1ccccc1COc1cccn2c(=O)c(-c3cc(C)n(-c4ccccc4C)n3)c(C)nc12. The molecule has 0 unspecified atom stereocenters. The number of pyridine rings is 1. The number of aryl methyl sites for hydroxylation is 4. The summed E-state index contributed by atoms with van der Waals surface area (Å²) in [5.74, 6) is 0.569. The van der Waals surface area contributed by atoms with E-state index >= 15 is 0 Å². The Hall–Kier alpha value is -4.19. The Bertz CT molecular complexity index is 1580. The van der Waals surface area contributed by atoms with E-state index in [1.54, 1.807) is 12.3 Å². The maximum absolute atomic E-state index is 13.6. The minimum atomic E-state index is -0.168. The van der Waals surface area contributed by atoms with Gasteiger partial charge in [0.2, 0.25) is 0 Å². The van der Waals surface area contributed by atoms with Gasteiger partial charge in [0.1, 0.15) is 12.3 Å². The molecule has 0 radical (unpaired) electrons. The van der Waals surface area contributed by atoms with Crippen molar-refractivity contribution in [3.05, 3.63) is 111 Å². The van der Waals surface area contributed by atoms with Crippen molar-refractivity contribution < 1.29 is 4.74 Å². The molecule has 6 heteroatoms. The van der Waals surface area contributed by atoms with Crippen LogP contribution < -0.4 is 10.3 Å². The predicted molar refractivity (Wildman–Crippen MR) is 134 cm³/mol. The Labute approximate surface area is 198 Å². The van der Waals surface area contributed by atoms with Gasteiger partial charge < -0.3 is 4.74 Å². The molecule has 0 N–H and O–H groups in total. The molecule has 0 aliphatic rings. The molecule has 0 spiro atoms. The number of para-hydroxylation sites is 1. The van der Waals surface area contributed by atoms with E-state index in [9.17, 15) is 4.79 Å².